The lowest BCUT2D eigenvalue weighted by atomic mass is 10.1. The van der Waals surface area contributed by atoms with Gasteiger partial charge >= 0.3 is 5.97 Å². The number of nitrogens with two attached hydrogens (primary N) is 1. The average molecular weight is 187 g/mol. The maximum Gasteiger partial charge on any atom is 0.322 e. The molecule has 0 aromatic heterocycles. The molecule has 0 rings (SSSR count). The second-order valence-electron chi connectivity index (χ2n) is 3.85. The largest absolute Gasteiger partial charge is 0.465 e. The molecule has 0 aliphatic rings. The highest BCUT2D eigenvalue weighted by Crippen LogP contribution is 2.05. The summed E-state index contributed by atoms with van der Waals surface area (Å²) in [4.78, 5) is 10.9. The Bertz CT molecular complexity index is 144. The van der Waals surface area contributed by atoms with Crippen LogP contribution in [0.25, 0.3) is 0 Å². The molecule has 1 atom stereocenters. The molecule has 3 nitrogen and oxygen atoms in total. The summed E-state index contributed by atoms with van der Waals surface area (Å²) < 4.78 is 4.92. The fourth-order valence-electron chi connectivity index (χ4n) is 0.959. The number of rotatable bonds is 6. The molecule has 3 heteroatoms. The maximum absolute atomic E-state index is 10.9. The van der Waals surface area contributed by atoms with Crippen molar-refractivity contribution >= 4 is 5.97 Å². The maximum atomic E-state index is 10.9. The van der Waals surface area contributed by atoms with Gasteiger partial charge in [0.2, 0.25) is 0 Å². The third kappa shape index (κ3) is 7.78. The van der Waals surface area contributed by atoms with E-state index in [2.05, 4.69) is 13.8 Å². The minimum Gasteiger partial charge on any atom is -0.465 e. The van der Waals surface area contributed by atoms with Gasteiger partial charge in [-0.2, -0.15) is 0 Å². The van der Waals surface area contributed by atoms with Gasteiger partial charge in [0.1, 0.15) is 6.04 Å². The number of carbonyl (C=O) groups excluding carboxylic acids is 1. The lowest BCUT2D eigenvalue weighted by Crippen LogP contribution is -2.28. The van der Waals surface area contributed by atoms with Crippen LogP contribution >= 0.6 is 0 Å². The van der Waals surface area contributed by atoms with Crippen LogP contribution < -0.4 is 5.73 Å². The van der Waals surface area contributed by atoms with Gasteiger partial charge in [-0.05, 0) is 25.7 Å². The van der Waals surface area contributed by atoms with Crippen LogP contribution in [0.2, 0.25) is 0 Å². The third-order valence-corrected chi connectivity index (χ3v) is 1.79. The zero-order valence-electron chi connectivity index (χ0n) is 8.88. The number of ether oxygens (including phenoxy) is 1. The highest BCUT2D eigenvalue weighted by Gasteiger charge is 2.07. The number of carbonyl (C=O) groups is 1. The van der Waals surface area contributed by atoms with Gasteiger partial charge < -0.3 is 10.5 Å². The van der Waals surface area contributed by atoms with Crippen LogP contribution in [0.15, 0.2) is 0 Å². The van der Waals surface area contributed by atoms with Gasteiger partial charge in [-0.1, -0.05) is 20.3 Å². The summed E-state index contributed by atoms with van der Waals surface area (Å²) in [5.74, 6) is 0.425. The Hall–Kier alpha value is -0.570. The Morgan fingerprint density at radius 3 is 2.38 bits per heavy atom. The van der Waals surface area contributed by atoms with E-state index in [1.165, 1.54) is 6.42 Å². The summed E-state index contributed by atoms with van der Waals surface area (Å²) in [6.07, 6.45) is 3.25. The molecule has 13 heavy (non-hydrogen) atoms. The molecule has 0 radical (unpaired) electrons. The SMILES string of the molecule is CC(C)CCCCOC(=O)C(C)N. The molecule has 2 N–H and O–H groups in total. The highest BCUT2D eigenvalue weighted by molar-refractivity contribution is 5.74. The molecule has 1 unspecified atom stereocenters. The van der Waals surface area contributed by atoms with Crippen LogP contribution in [0.4, 0.5) is 0 Å². The third-order valence-electron chi connectivity index (χ3n) is 1.79. The van der Waals surface area contributed by atoms with Crippen molar-refractivity contribution in [3.05, 3.63) is 0 Å². The number of esters is 1. The predicted octanol–water partition coefficient (Wildman–Crippen LogP) is 1.70. The van der Waals surface area contributed by atoms with Gasteiger partial charge in [0, 0.05) is 0 Å². The second-order valence-corrected chi connectivity index (χ2v) is 3.85. The summed E-state index contributed by atoms with van der Waals surface area (Å²) in [5, 5.41) is 0. The summed E-state index contributed by atoms with van der Waals surface area (Å²) in [6, 6.07) is -0.495. The lowest BCUT2D eigenvalue weighted by molar-refractivity contribution is -0.144. The van der Waals surface area contributed by atoms with E-state index < -0.39 is 6.04 Å². The van der Waals surface area contributed by atoms with E-state index in [0.717, 1.165) is 18.8 Å². The predicted molar refractivity (Wildman–Crippen MR) is 53.3 cm³/mol. The van der Waals surface area contributed by atoms with Gasteiger partial charge in [-0.25, -0.2) is 0 Å². The molecule has 0 heterocycles. The lowest BCUT2D eigenvalue weighted by Gasteiger charge is -2.07. The molecule has 0 amide bonds. The number of hydrogen-bond acceptors (Lipinski definition) is 3. The van der Waals surface area contributed by atoms with Crippen LogP contribution in [-0.2, 0) is 9.53 Å². The van der Waals surface area contributed by atoms with Crippen LogP contribution in [-0.4, -0.2) is 18.6 Å². The molecule has 0 aromatic rings. The van der Waals surface area contributed by atoms with Crippen molar-refractivity contribution < 1.29 is 9.53 Å². The molecule has 0 saturated heterocycles. The Kier molecular flexibility index (Phi) is 6.59. The zero-order chi connectivity index (χ0) is 10.3. The average Bonchev–Trinajstić information content (AvgIpc) is 2.02. The minimum atomic E-state index is -0.495. The Balaban J connectivity index is 3.21. The van der Waals surface area contributed by atoms with E-state index in [4.69, 9.17) is 10.5 Å². The van der Waals surface area contributed by atoms with Crippen LogP contribution in [0.3, 0.4) is 0 Å². The van der Waals surface area contributed by atoms with E-state index >= 15 is 0 Å². The van der Waals surface area contributed by atoms with Crippen LogP contribution in [0.5, 0.6) is 0 Å². The molecule has 0 aliphatic carbocycles. The fraction of sp³-hybridized carbons (Fsp3) is 0.900. The first-order valence-corrected chi connectivity index (χ1v) is 4.96. The minimum absolute atomic E-state index is 0.301. The molecule has 0 fully saturated rings. The monoisotopic (exact) mass is 187 g/mol. The Labute approximate surface area is 80.6 Å². The normalized spacial score (nSPS) is 13.0. The van der Waals surface area contributed by atoms with Gasteiger partial charge in [0.25, 0.3) is 0 Å². The van der Waals surface area contributed by atoms with Crippen molar-refractivity contribution in [2.24, 2.45) is 11.7 Å². The Morgan fingerprint density at radius 2 is 1.92 bits per heavy atom. The molecular formula is C10H21NO2. The van der Waals surface area contributed by atoms with Gasteiger partial charge in [-0.3, -0.25) is 4.79 Å². The topological polar surface area (TPSA) is 52.3 Å². The molecule has 0 aromatic carbocycles. The summed E-state index contributed by atoms with van der Waals surface area (Å²) >= 11 is 0. The van der Waals surface area contributed by atoms with Crippen molar-refractivity contribution in [3.63, 3.8) is 0 Å². The Morgan fingerprint density at radius 1 is 1.31 bits per heavy atom. The van der Waals surface area contributed by atoms with Crippen molar-refractivity contribution in [2.75, 3.05) is 6.61 Å². The molecule has 0 bridgehead atoms. The van der Waals surface area contributed by atoms with Crippen molar-refractivity contribution in [3.8, 4) is 0 Å². The second kappa shape index (κ2) is 6.89. The molecule has 0 aliphatic heterocycles. The van der Waals surface area contributed by atoms with E-state index in [0.29, 0.717) is 6.61 Å². The van der Waals surface area contributed by atoms with Crippen molar-refractivity contribution in [1.82, 2.24) is 0 Å². The molecule has 0 spiro atoms. The van der Waals surface area contributed by atoms with Gasteiger partial charge in [0.05, 0.1) is 6.61 Å². The van der Waals surface area contributed by atoms with E-state index in [1.54, 1.807) is 6.92 Å². The highest BCUT2D eigenvalue weighted by atomic mass is 16.5. The quantitative estimate of drug-likeness (QED) is 0.508. The zero-order valence-corrected chi connectivity index (χ0v) is 8.88. The first kappa shape index (κ1) is 12.4. The van der Waals surface area contributed by atoms with Crippen LogP contribution in [0.1, 0.15) is 40.0 Å². The van der Waals surface area contributed by atoms with E-state index in [1.807, 2.05) is 0 Å². The fourth-order valence-corrected chi connectivity index (χ4v) is 0.959. The van der Waals surface area contributed by atoms with Gasteiger partial charge in [-0.15, -0.1) is 0 Å². The molecule has 78 valence electrons. The van der Waals surface area contributed by atoms with E-state index in [-0.39, 0.29) is 5.97 Å². The standard InChI is InChI=1S/C10H21NO2/c1-8(2)6-4-5-7-13-10(12)9(3)11/h8-9H,4-7,11H2,1-3H3. The number of hydrogen-bond donors (Lipinski definition) is 1. The van der Waals surface area contributed by atoms with Crippen molar-refractivity contribution in [2.45, 2.75) is 46.1 Å². The summed E-state index contributed by atoms with van der Waals surface area (Å²) in [5.41, 5.74) is 5.32. The van der Waals surface area contributed by atoms with E-state index in [9.17, 15) is 4.79 Å². The summed E-state index contributed by atoms with van der Waals surface area (Å²) in [7, 11) is 0. The first-order chi connectivity index (χ1) is 6.04. The smallest absolute Gasteiger partial charge is 0.322 e. The van der Waals surface area contributed by atoms with Gasteiger partial charge in [0.15, 0.2) is 0 Å². The molecule has 0 saturated carbocycles. The summed E-state index contributed by atoms with van der Waals surface area (Å²) in [6.45, 7) is 6.52. The van der Waals surface area contributed by atoms with Crippen molar-refractivity contribution in [1.29, 1.82) is 0 Å². The number of unbranched alkanes of at least 4 members (excludes halogenated alkanes) is 1. The first-order valence-electron chi connectivity index (χ1n) is 4.96. The molecular weight excluding hydrogens is 166 g/mol. The van der Waals surface area contributed by atoms with Crippen LogP contribution in [0, 0.1) is 5.92 Å².